The van der Waals surface area contributed by atoms with Gasteiger partial charge in [0.25, 0.3) is 0 Å². The van der Waals surface area contributed by atoms with Crippen molar-refractivity contribution in [2.75, 3.05) is 0 Å². The van der Waals surface area contributed by atoms with E-state index >= 15 is 0 Å². The highest BCUT2D eigenvalue weighted by molar-refractivity contribution is 8.61. The lowest BCUT2D eigenvalue weighted by Crippen LogP contribution is -2.15. The minimum absolute atomic E-state index is 0.0849. The summed E-state index contributed by atoms with van der Waals surface area (Å²) in [5.41, 5.74) is 4.04. The van der Waals surface area contributed by atoms with Gasteiger partial charge in [-0.3, -0.25) is 0 Å². The van der Waals surface area contributed by atoms with E-state index in [1.54, 1.807) is 11.1 Å². The van der Waals surface area contributed by atoms with Crippen LogP contribution in [0.3, 0.4) is 0 Å². The molecule has 4 unspecified atom stereocenters. The first kappa shape index (κ1) is 12.4. The summed E-state index contributed by atoms with van der Waals surface area (Å²) in [4.78, 5) is 0. The summed E-state index contributed by atoms with van der Waals surface area (Å²) in [6.45, 7) is 2.42. The van der Waals surface area contributed by atoms with Gasteiger partial charge in [0.15, 0.2) is 0 Å². The van der Waals surface area contributed by atoms with Crippen LogP contribution < -0.4 is 0 Å². The highest BCUT2D eigenvalue weighted by atomic mass is 32.6. The van der Waals surface area contributed by atoms with E-state index in [2.05, 4.69) is 49.0 Å². The molecule has 82 valence electrons. The number of benzene rings is 1. The molecule has 0 amide bonds. The van der Waals surface area contributed by atoms with Crippen molar-refractivity contribution in [1.29, 1.82) is 0 Å². The third kappa shape index (κ3) is 2.61. The maximum absolute atomic E-state index is 3.10. The molecule has 0 N–H and O–H groups in total. The summed E-state index contributed by atoms with van der Waals surface area (Å²) < 4.78 is 0. The Bertz CT molecular complexity index is 339. The van der Waals surface area contributed by atoms with Gasteiger partial charge in [-0.1, -0.05) is 46.4 Å². The van der Waals surface area contributed by atoms with Crippen molar-refractivity contribution < 1.29 is 0 Å². The number of fused-ring (bicyclic) bond motifs is 1. The van der Waals surface area contributed by atoms with Crippen LogP contribution in [-0.4, -0.2) is 0 Å². The third-order valence-corrected chi connectivity index (χ3v) is 14.3. The Labute approximate surface area is 100 Å². The summed E-state index contributed by atoms with van der Waals surface area (Å²) in [7, 11) is 7.13. The fraction of sp³-hybridized carbons (Fsp3) is 0.455. The van der Waals surface area contributed by atoms with E-state index in [0.717, 1.165) is 19.5 Å². The average Bonchev–Trinajstić information content (AvgIpc) is 2.28. The molecule has 0 aliphatic heterocycles. The van der Waals surface area contributed by atoms with Crippen molar-refractivity contribution in [2.45, 2.75) is 25.4 Å². The molecule has 15 heavy (non-hydrogen) atoms. The van der Waals surface area contributed by atoms with Crippen LogP contribution in [0.1, 0.15) is 30.1 Å². The van der Waals surface area contributed by atoms with Crippen molar-refractivity contribution in [3.05, 3.63) is 35.4 Å². The van der Waals surface area contributed by atoms with Gasteiger partial charge in [-0.25, -0.2) is 0 Å². The molecule has 4 heteroatoms. The summed E-state index contributed by atoms with van der Waals surface area (Å²) in [6, 6.07) is 9.04. The lowest BCUT2D eigenvalue weighted by Gasteiger charge is -2.35. The molecule has 2 rings (SSSR count). The molecule has 1 aromatic rings. The Kier molecular flexibility index (Phi) is 4.56. The molecule has 0 aromatic heterocycles. The lowest BCUT2D eigenvalue weighted by atomic mass is 9.84. The van der Waals surface area contributed by atoms with Gasteiger partial charge >= 0.3 is 0 Å². The van der Waals surface area contributed by atoms with Crippen molar-refractivity contribution in [2.24, 2.45) is 5.92 Å². The molecule has 0 fully saturated rings. The Morgan fingerprint density at radius 2 is 2.13 bits per heavy atom. The van der Waals surface area contributed by atoms with Crippen LogP contribution in [0.5, 0.6) is 0 Å². The average molecular weight is 274 g/mol. The second kappa shape index (κ2) is 5.52. The first-order valence-electron chi connectivity index (χ1n) is 5.32. The van der Waals surface area contributed by atoms with Gasteiger partial charge in [0, 0.05) is 5.66 Å². The number of aryl methyl sites for hydroxylation is 1. The second-order valence-electron chi connectivity index (χ2n) is 4.20. The first-order chi connectivity index (χ1) is 7.24. The van der Waals surface area contributed by atoms with Crippen LogP contribution in [-0.2, 0) is 6.42 Å². The van der Waals surface area contributed by atoms with E-state index in [0.29, 0.717) is 0 Å². The summed E-state index contributed by atoms with van der Waals surface area (Å²) in [6.07, 6.45) is 2.64. The Morgan fingerprint density at radius 3 is 2.87 bits per heavy atom. The number of rotatable bonds is 2. The Hall–Kier alpha value is 0.940. The highest BCUT2D eigenvalue weighted by Gasteiger charge is 2.29. The van der Waals surface area contributed by atoms with E-state index < -0.39 is 0 Å². The zero-order valence-corrected chi connectivity index (χ0v) is 13.2. The Morgan fingerprint density at radius 1 is 1.40 bits per heavy atom. The molecule has 0 spiro atoms. The van der Waals surface area contributed by atoms with Crippen LogP contribution in [0.2, 0.25) is 0 Å². The first-order valence-corrected chi connectivity index (χ1v) is 12.0. The third-order valence-electron chi connectivity index (χ3n) is 3.23. The summed E-state index contributed by atoms with van der Waals surface area (Å²) >= 11 is 0. The maximum atomic E-state index is 3.10. The van der Waals surface area contributed by atoms with E-state index in [1.807, 2.05) is 0 Å². The standard InChI is InChI=1S/C11H18P4/c1-8-6-7-9-4-2-3-5-10(9)11(8)15(13)14-12/h2-5,8,11,14H,6-7,12-13H2,1H3/t8-,11-,15?/m0/s1. The zero-order chi connectivity index (χ0) is 10.8. The predicted octanol–water partition coefficient (Wildman–Crippen LogP) is 4.97. The highest BCUT2D eigenvalue weighted by Crippen LogP contribution is 2.76. The van der Waals surface area contributed by atoms with Crippen molar-refractivity contribution in [3.63, 3.8) is 0 Å². The van der Waals surface area contributed by atoms with Crippen LogP contribution in [0.4, 0.5) is 0 Å². The van der Waals surface area contributed by atoms with E-state index in [1.165, 1.54) is 12.8 Å². The van der Waals surface area contributed by atoms with Crippen LogP contribution in [0.25, 0.3) is 0 Å². The summed E-state index contributed by atoms with van der Waals surface area (Å²) in [5, 5.41) is 0. The SMILES string of the molecule is C[C@H]1CCc2ccccc2[C@H]1P(P)PP. The van der Waals surface area contributed by atoms with Crippen molar-refractivity contribution >= 4 is 33.1 Å². The fourth-order valence-corrected chi connectivity index (χ4v) is 8.28. The van der Waals surface area contributed by atoms with E-state index in [-0.39, 0.29) is 7.30 Å². The van der Waals surface area contributed by atoms with Gasteiger partial charge in [0.1, 0.15) is 0 Å². The molecule has 1 aromatic carbocycles. The molecule has 0 saturated carbocycles. The van der Waals surface area contributed by atoms with Crippen LogP contribution >= 0.6 is 33.1 Å². The van der Waals surface area contributed by atoms with Gasteiger partial charge in [-0.05, 0) is 29.9 Å². The Balaban J connectivity index is 2.37. The summed E-state index contributed by atoms with van der Waals surface area (Å²) in [5.74, 6) is 0.858. The normalized spacial score (nSPS) is 27.9. The molecular weight excluding hydrogens is 256 g/mol. The molecule has 0 saturated heterocycles. The predicted molar refractivity (Wildman–Crippen MR) is 81.3 cm³/mol. The molecule has 6 atom stereocenters. The smallest absolute Gasteiger partial charge is 0.0143 e. The molecule has 0 bridgehead atoms. The van der Waals surface area contributed by atoms with Crippen LogP contribution in [0.15, 0.2) is 24.3 Å². The van der Waals surface area contributed by atoms with Crippen molar-refractivity contribution in [3.8, 4) is 0 Å². The fourth-order valence-electron chi connectivity index (χ4n) is 2.40. The topological polar surface area (TPSA) is 0 Å². The number of hydrogen-bond donors (Lipinski definition) is 0. The monoisotopic (exact) mass is 274 g/mol. The van der Waals surface area contributed by atoms with E-state index in [4.69, 9.17) is 0 Å². The van der Waals surface area contributed by atoms with E-state index in [9.17, 15) is 0 Å². The molecule has 0 radical (unpaired) electrons. The molecule has 1 aliphatic carbocycles. The van der Waals surface area contributed by atoms with Gasteiger partial charge in [-0.15, -0.1) is 17.9 Å². The van der Waals surface area contributed by atoms with Gasteiger partial charge in [0.05, 0.1) is 0 Å². The second-order valence-corrected chi connectivity index (χ2v) is 13.7. The minimum Gasteiger partial charge on any atom is -0.110 e. The lowest BCUT2D eigenvalue weighted by molar-refractivity contribution is 0.490. The largest absolute Gasteiger partial charge is 0.110 e. The molecule has 1 aliphatic rings. The zero-order valence-electron chi connectivity index (χ0n) is 8.98. The van der Waals surface area contributed by atoms with Crippen LogP contribution in [0, 0.1) is 5.92 Å². The maximum Gasteiger partial charge on any atom is 0.0143 e. The number of hydrogen-bond acceptors (Lipinski definition) is 0. The molecular formula is C11H18P4. The molecule has 0 nitrogen and oxygen atoms in total. The van der Waals surface area contributed by atoms with Gasteiger partial charge in [-0.2, -0.15) is 0 Å². The van der Waals surface area contributed by atoms with Crippen molar-refractivity contribution in [1.82, 2.24) is 0 Å². The minimum atomic E-state index is 0.0849. The quantitative estimate of drug-likeness (QED) is 0.668. The van der Waals surface area contributed by atoms with Gasteiger partial charge < -0.3 is 0 Å². The van der Waals surface area contributed by atoms with Gasteiger partial charge in [0.2, 0.25) is 0 Å². The molecule has 0 heterocycles.